The van der Waals surface area contributed by atoms with E-state index < -0.39 is 0 Å². The average molecular weight is 338 g/mol. The van der Waals surface area contributed by atoms with Crippen LogP contribution in [0, 0.1) is 13.8 Å². The number of piperazine rings is 1. The van der Waals surface area contributed by atoms with Gasteiger partial charge < -0.3 is 14.4 Å². The van der Waals surface area contributed by atoms with E-state index in [9.17, 15) is 4.79 Å². The molecule has 0 radical (unpaired) electrons. The minimum absolute atomic E-state index is 0.106. The van der Waals surface area contributed by atoms with Gasteiger partial charge in [0.2, 0.25) is 0 Å². The van der Waals surface area contributed by atoms with E-state index in [-0.39, 0.29) is 5.91 Å². The first-order chi connectivity index (χ1) is 12.1. The second kappa shape index (κ2) is 6.37. The van der Waals surface area contributed by atoms with Crippen molar-refractivity contribution in [2.75, 3.05) is 26.2 Å². The molecule has 25 heavy (non-hydrogen) atoms. The molecular weight excluding hydrogens is 316 g/mol. The van der Waals surface area contributed by atoms with Gasteiger partial charge in [-0.25, -0.2) is 0 Å². The number of hydrogen-bond donors (Lipinski definition) is 1. The molecule has 0 atom stereocenters. The van der Waals surface area contributed by atoms with E-state index >= 15 is 0 Å². The molecule has 6 heteroatoms. The zero-order valence-corrected chi connectivity index (χ0v) is 14.6. The van der Waals surface area contributed by atoms with Crippen LogP contribution in [0.3, 0.4) is 0 Å². The molecular formula is C19H22N4O2. The van der Waals surface area contributed by atoms with Crippen molar-refractivity contribution in [1.82, 2.24) is 19.9 Å². The van der Waals surface area contributed by atoms with Crippen molar-refractivity contribution in [2.45, 2.75) is 20.4 Å². The first kappa shape index (κ1) is 15.9. The largest absolute Gasteiger partial charge is 0.361 e. The Bertz CT molecular complexity index is 884. The summed E-state index contributed by atoms with van der Waals surface area (Å²) in [6.45, 7) is 7.95. The van der Waals surface area contributed by atoms with Gasteiger partial charge in [0, 0.05) is 55.4 Å². The normalized spacial score (nSPS) is 15.8. The van der Waals surface area contributed by atoms with Crippen LogP contribution in [0.25, 0.3) is 10.9 Å². The SMILES string of the molecule is Cc1noc(C)c1CN1CCN(C(=O)c2c[nH]c3ccccc23)CC1. The van der Waals surface area contributed by atoms with Crippen LogP contribution in [0.2, 0.25) is 0 Å². The van der Waals surface area contributed by atoms with E-state index in [2.05, 4.69) is 15.0 Å². The molecule has 1 aromatic carbocycles. The topological polar surface area (TPSA) is 65.4 Å². The number of nitrogens with zero attached hydrogens (tertiary/aromatic N) is 3. The number of H-pyrrole nitrogens is 1. The van der Waals surface area contributed by atoms with Crippen LogP contribution in [-0.2, 0) is 6.54 Å². The lowest BCUT2D eigenvalue weighted by atomic mass is 10.1. The van der Waals surface area contributed by atoms with E-state index in [0.29, 0.717) is 0 Å². The number of aromatic nitrogens is 2. The van der Waals surface area contributed by atoms with Crippen LogP contribution in [0.4, 0.5) is 0 Å². The first-order valence-corrected chi connectivity index (χ1v) is 8.63. The number of rotatable bonds is 3. The molecule has 130 valence electrons. The third-order valence-corrected chi connectivity index (χ3v) is 5.04. The second-order valence-corrected chi connectivity index (χ2v) is 6.62. The predicted molar refractivity (Wildman–Crippen MR) is 95.5 cm³/mol. The third kappa shape index (κ3) is 2.93. The van der Waals surface area contributed by atoms with Crippen molar-refractivity contribution < 1.29 is 9.32 Å². The fraction of sp³-hybridized carbons (Fsp3) is 0.368. The van der Waals surface area contributed by atoms with Gasteiger partial charge in [-0.1, -0.05) is 23.4 Å². The number of nitrogens with one attached hydrogen (secondary N) is 1. The molecule has 1 aliphatic rings. The van der Waals surface area contributed by atoms with Gasteiger partial charge in [-0.2, -0.15) is 0 Å². The highest BCUT2D eigenvalue weighted by Crippen LogP contribution is 2.21. The van der Waals surface area contributed by atoms with Gasteiger partial charge in [-0.15, -0.1) is 0 Å². The Morgan fingerprint density at radius 2 is 1.96 bits per heavy atom. The van der Waals surface area contributed by atoms with Crippen molar-refractivity contribution in [3.05, 3.63) is 53.0 Å². The summed E-state index contributed by atoms with van der Waals surface area (Å²) in [4.78, 5) is 20.3. The molecule has 1 amide bonds. The first-order valence-electron chi connectivity index (χ1n) is 8.63. The Balaban J connectivity index is 1.42. The molecule has 0 aliphatic carbocycles. The molecule has 4 rings (SSSR count). The number of amides is 1. The Morgan fingerprint density at radius 3 is 2.68 bits per heavy atom. The summed E-state index contributed by atoms with van der Waals surface area (Å²) < 4.78 is 5.24. The number of hydrogen-bond acceptors (Lipinski definition) is 4. The van der Waals surface area contributed by atoms with Crippen molar-refractivity contribution in [1.29, 1.82) is 0 Å². The number of benzene rings is 1. The Hall–Kier alpha value is -2.60. The summed E-state index contributed by atoms with van der Waals surface area (Å²) in [7, 11) is 0. The Labute approximate surface area is 146 Å². The van der Waals surface area contributed by atoms with Crippen LogP contribution in [0.1, 0.15) is 27.4 Å². The number of para-hydroxylation sites is 1. The van der Waals surface area contributed by atoms with Crippen LogP contribution in [0.5, 0.6) is 0 Å². The van der Waals surface area contributed by atoms with Gasteiger partial charge in [0.1, 0.15) is 5.76 Å². The van der Waals surface area contributed by atoms with Crippen molar-refractivity contribution in [2.24, 2.45) is 0 Å². The molecule has 2 aromatic heterocycles. The van der Waals surface area contributed by atoms with Crippen LogP contribution in [0.15, 0.2) is 35.0 Å². The van der Waals surface area contributed by atoms with Gasteiger partial charge in [-0.3, -0.25) is 9.69 Å². The molecule has 1 aliphatic heterocycles. The molecule has 3 aromatic rings. The zero-order valence-electron chi connectivity index (χ0n) is 14.6. The Morgan fingerprint density at radius 1 is 1.20 bits per heavy atom. The summed E-state index contributed by atoms with van der Waals surface area (Å²) in [6.07, 6.45) is 1.82. The van der Waals surface area contributed by atoms with E-state index in [1.54, 1.807) is 0 Å². The van der Waals surface area contributed by atoms with Crippen LogP contribution < -0.4 is 0 Å². The molecule has 0 bridgehead atoms. The molecule has 0 saturated carbocycles. The third-order valence-electron chi connectivity index (χ3n) is 5.04. The van der Waals surface area contributed by atoms with E-state index in [1.807, 2.05) is 49.2 Å². The maximum atomic E-state index is 12.9. The molecule has 1 fully saturated rings. The quantitative estimate of drug-likeness (QED) is 0.797. The lowest BCUT2D eigenvalue weighted by Gasteiger charge is -2.34. The Kier molecular flexibility index (Phi) is 4.05. The maximum Gasteiger partial charge on any atom is 0.256 e. The number of carbonyl (C=O) groups excluding carboxylic acids is 1. The average Bonchev–Trinajstić information content (AvgIpc) is 3.20. The van der Waals surface area contributed by atoms with Crippen LogP contribution in [-0.4, -0.2) is 52.0 Å². The smallest absolute Gasteiger partial charge is 0.256 e. The van der Waals surface area contributed by atoms with Gasteiger partial charge in [0.15, 0.2) is 0 Å². The second-order valence-electron chi connectivity index (χ2n) is 6.62. The maximum absolute atomic E-state index is 12.9. The molecule has 6 nitrogen and oxygen atoms in total. The molecule has 0 unspecified atom stereocenters. The van der Waals surface area contributed by atoms with Gasteiger partial charge in [0.05, 0.1) is 11.3 Å². The molecule has 3 heterocycles. The van der Waals surface area contributed by atoms with E-state index in [4.69, 9.17) is 4.52 Å². The zero-order chi connectivity index (χ0) is 17.4. The molecule has 1 saturated heterocycles. The minimum atomic E-state index is 0.106. The number of carbonyl (C=O) groups is 1. The fourth-order valence-electron chi connectivity index (χ4n) is 3.48. The highest BCUT2D eigenvalue weighted by atomic mass is 16.5. The van der Waals surface area contributed by atoms with Gasteiger partial charge in [0.25, 0.3) is 5.91 Å². The lowest BCUT2D eigenvalue weighted by Crippen LogP contribution is -2.48. The van der Waals surface area contributed by atoms with Crippen molar-refractivity contribution >= 4 is 16.8 Å². The predicted octanol–water partition coefficient (Wildman–Crippen LogP) is 2.73. The van der Waals surface area contributed by atoms with Crippen LogP contribution >= 0.6 is 0 Å². The highest BCUT2D eigenvalue weighted by molar-refractivity contribution is 6.06. The fourth-order valence-corrected chi connectivity index (χ4v) is 3.48. The number of aromatic amines is 1. The number of aryl methyl sites for hydroxylation is 2. The number of fused-ring (bicyclic) bond motifs is 1. The van der Waals surface area contributed by atoms with Gasteiger partial charge in [-0.05, 0) is 19.9 Å². The molecule has 0 spiro atoms. The summed E-state index contributed by atoms with van der Waals surface area (Å²) in [5, 5.41) is 5.01. The van der Waals surface area contributed by atoms with E-state index in [1.165, 1.54) is 0 Å². The monoisotopic (exact) mass is 338 g/mol. The summed E-state index contributed by atoms with van der Waals surface area (Å²) in [5.41, 5.74) is 3.88. The van der Waals surface area contributed by atoms with Gasteiger partial charge >= 0.3 is 0 Å². The molecule has 1 N–H and O–H groups in total. The van der Waals surface area contributed by atoms with Crippen molar-refractivity contribution in [3.63, 3.8) is 0 Å². The summed E-state index contributed by atoms with van der Waals surface area (Å²) in [6, 6.07) is 7.93. The standard InChI is InChI=1S/C19H22N4O2/c1-13-17(14(2)25-21-13)12-22-7-9-23(10-8-22)19(24)16-11-20-18-6-4-3-5-15(16)18/h3-6,11,20H,7-10,12H2,1-2H3. The summed E-state index contributed by atoms with van der Waals surface area (Å²) in [5.74, 6) is 0.990. The highest BCUT2D eigenvalue weighted by Gasteiger charge is 2.25. The minimum Gasteiger partial charge on any atom is -0.361 e. The summed E-state index contributed by atoms with van der Waals surface area (Å²) >= 11 is 0. The van der Waals surface area contributed by atoms with Crippen molar-refractivity contribution in [3.8, 4) is 0 Å². The van der Waals surface area contributed by atoms with E-state index in [0.717, 1.165) is 66.2 Å². The lowest BCUT2D eigenvalue weighted by molar-refractivity contribution is 0.0629.